The number of carboxylic acids is 1. The smallest absolute Gasteiger partial charge is 0.410 e. The maximum absolute atomic E-state index is 13.7. The van der Waals surface area contributed by atoms with Gasteiger partial charge in [0.25, 0.3) is 0 Å². The summed E-state index contributed by atoms with van der Waals surface area (Å²) in [5.74, 6) is -3.66. The number of ether oxygens (including phenoxy) is 1. The van der Waals surface area contributed by atoms with E-state index in [-0.39, 0.29) is 43.1 Å². The van der Waals surface area contributed by atoms with E-state index in [0.29, 0.717) is 25.2 Å². The van der Waals surface area contributed by atoms with Gasteiger partial charge in [-0.3, -0.25) is 0 Å². The van der Waals surface area contributed by atoms with Crippen LogP contribution in [0.5, 0.6) is 0 Å². The summed E-state index contributed by atoms with van der Waals surface area (Å²) in [6.45, 7) is 8.36. The van der Waals surface area contributed by atoms with Crippen LogP contribution in [-0.4, -0.2) is 64.8 Å². The van der Waals surface area contributed by atoms with Crippen molar-refractivity contribution in [3.63, 3.8) is 0 Å². The molecule has 0 atom stereocenters. The summed E-state index contributed by atoms with van der Waals surface area (Å²) in [5.41, 5.74) is 0.795. The molecule has 1 N–H and O–H groups in total. The van der Waals surface area contributed by atoms with Crippen LogP contribution >= 0.6 is 0 Å². The van der Waals surface area contributed by atoms with Crippen molar-refractivity contribution in [2.45, 2.75) is 64.4 Å². The minimum Gasteiger partial charge on any atom is -0.478 e. The summed E-state index contributed by atoms with van der Waals surface area (Å²) in [6, 6.07) is 0. The number of carbonyl (C=O) groups excluding carboxylic acids is 1. The van der Waals surface area contributed by atoms with Crippen LogP contribution in [0.15, 0.2) is 6.20 Å². The van der Waals surface area contributed by atoms with Gasteiger partial charge in [-0.1, -0.05) is 0 Å². The Labute approximate surface area is 175 Å². The Bertz CT molecular complexity index is 832. The van der Waals surface area contributed by atoms with Crippen molar-refractivity contribution in [3.8, 4) is 0 Å². The van der Waals surface area contributed by atoms with E-state index in [0.717, 1.165) is 5.56 Å². The highest BCUT2D eigenvalue weighted by Gasteiger charge is 2.38. The van der Waals surface area contributed by atoms with Gasteiger partial charge in [-0.2, -0.15) is 0 Å². The second kappa shape index (κ2) is 8.00. The lowest BCUT2D eigenvalue weighted by Gasteiger charge is -2.40. The van der Waals surface area contributed by atoms with Crippen LogP contribution in [0, 0.1) is 6.92 Å². The molecule has 2 aliphatic heterocycles. The average molecular weight is 425 g/mol. The van der Waals surface area contributed by atoms with Gasteiger partial charge in [0.05, 0.1) is 0 Å². The van der Waals surface area contributed by atoms with E-state index in [9.17, 15) is 23.5 Å². The Hall–Kier alpha value is -2.45. The minimum atomic E-state index is -2.73. The predicted octanol–water partition coefficient (Wildman–Crippen LogP) is 4.05. The molecule has 2 fully saturated rings. The molecule has 0 aliphatic carbocycles. The molecule has 2 saturated heterocycles. The third-order valence-electron chi connectivity index (χ3n) is 5.56. The quantitative estimate of drug-likeness (QED) is 0.787. The molecule has 0 radical (unpaired) electrons. The topological polar surface area (TPSA) is 83.0 Å². The van der Waals surface area contributed by atoms with E-state index < -0.39 is 23.6 Å². The number of carboxylic acid groups (broad SMARTS) is 1. The zero-order valence-electron chi connectivity index (χ0n) is 17.9. The average Bonchev–Trinajstić information content (AvgIpc) is 2.73. The van der Waals surface area contributed by atoms with E-state index in [4.69, 9.17) is 4.74 Å². The maximum Gasteiger partial charge on any atom is 0.410 e. The third-order valence-corrected chi connectivity index (χ3v) is 5.56. The van der Waals surface area contributed by atoms with Crippen LogP contribution in [0.4, 0.5) is 19.4 Å². The molecule has 2 aliphatic rings. The SMILES string of the molecule is Cc1c(C2CN(C(=O)OC(C)(C)C)C2)cnc(N2CCCC(F)(F)CC2)c1C(=O)O. The van der Waals surface area contributed by atoms with Crippen LogP contribution in [0.2, 0.25) is 0 Å². The Morgan fingerprint density at radius 1 is 1.23 bits per heavy atom. The number of hydrogen-bond donors (Lipinski definition) is 1. The molecule has 166 valence electrons. The van der Waals surface area contributed by atoms with E-state index >= 15 is 0 Å². The van der Waals surface area contributed by atoms with Crippen molar-refractivity contribution in [2.24, 2.45) is 0 Å². The minimum absolute atomic E-state index is 0.0364. The lowest BCUT2D eigenvalue weighted by Crippen LogP contribution is -2.50. The molecule has 0 saturated carbocycles. The first kappa shape index (κ1) is 22.2. The van der Waals surface area contributed by atoms with E-state index in [2.05, 4.69) is 4.98 Å². The number of alkyl halides is 2. The van der Waals surface area contributed by atoms with Gasteiger partial charge in [-0.25, -0.2) is 23.4 Å². The molecule has 9 heteroatoms. The van der Waals surface area contributed by atoms with Crippen LogP contribution in [-0.2, 0) is 4.74 Å². The molecule has 1 amide bonds. The van der Waals surface area contributed by atoms with Gasteiger partial charge in [0.2, 0.25) is 5.92 Å². The number of likely N-dealkylation sites (tertiary alicyclic amines) is 1. The number of carbonyl (C=O) groups is 2. The number of pyridine rings is 1. The molecule has 0 unspecified atom stereocenters. The Kier molecular flexibility index (Phi) is 5.93. The zero-order chi connectivity index (χ0) is 22.3. The molecule has 30 heavy (non-hydrogen) atoms. The predicted molar refractivity (Wildman–Crippen MR) is 107 cm³/mol. The molecule has 0 aromatic carbocycles. The summed E-state index contributed by atoms with van der Waals surface area (Å²) in [4.78, 5) is 31.7. The standard InChI is InChI=1S/C21H29F2N3O4/c1-13-15(14-11-26(12-14)19(29)30-20(2,3)4)10-24-17(16(13)18(27)28)25-8-5-6-21(22,23)7-9-25/h10,14H,5-9,11-12H2,1-4H3,(H,27,28). The molecule has 3 rings (SSSR count). The normalized spacial score (nSPS) is 19.8. The number of aromatic nitrogens is 1. The fourth-order valence-electron chi connectivity index (χ4n) is 3.94. The van der Waals surface area contributed by atoms with Gasteiger partial charge in [-0.05, 0) is 45.2 Å². The fourth-order valence-corrected chi connectivity index (χ4v) is 3.94. The van der Waals surface area contributed by atoms with Crippen molar-refractivity contribution in [2.75, 3.05) is 31.1 Å². The van der Waals surface area contributed by atoms with Crippen LogP contribution in [0.25, 0.3) is 0 Å². The van der Waals surface area contributed by atoms with Crippen molar-refractivity contribution < 1.29 is 28.2 Å². The van der Waals surface area contributed by atoms with E-state index in [1.165, 1.54) is 0 Å². The van der Waals surface area contributed by atoms with Crippen LogP contribution in [0.1, 0.15) is 67.4 Å². The van der Waals surface area contributed by atoms with E-state index in [1.807, 2.05) is 0 Å². The summed E-state index contributed by atoms with van der Waals surface area (Å²) in [7, 11) is 0. The number of nitrogens with zero attached hydrogens (tertiary/aromatic N) is 3. The van der Waals surface area contributed by atoms with Gasteiger partial charge < -0.3 is 19.6 Å². The zero-order valence-corrected chi connectivity index (χ0v) is 17.9. The first-order valence-corrected chi connectivity index (χ1v) is 10.2. The fraction of sp³-hybridized carbons (Fsp3) is 0.667. The first-order chi connectivity index (χ1) is 13.9. The number of rotatable bonds is 3. The molecule has 0 bridgehead atoms. The Morgan fingerprint density at radius 2 is 1.90 bits per heavy atom. The lowest BCUT2D eigenvalue weighted by atomic mass is 9.88. The van der Waals surface area contributed by atoms with Crippen molar-refractivity contribution in [1.82, 2.24) is 9.88 Å². The summed E-state index contributed by atoms with van der Waals surface area (Å²) in [6.07, 6.45) is 0.984. The second-order valence-electron chi connectivity index (χ2n) is 9.12. The van der Waals surface area contributed by atoms with Gasteiger partial charge >= 0.3 is 12.1 Å². The van der Waals surface area contributed by atoms with E-state index in [1.54, 1.807) is 43.7 Å². The summed E-state index contributed by atoms with van der Waals surface area (Å²) >= 11 is 0. The molecule has 3 heterocycles. The number of hydrogen-bond acceptors (Lipinski definition) is 5. The largest absolute Gasteiger partial charge is 0.478 e. The molecule has 7 nitrogen and oxygen atoms in total. The van der Waals surface area contributed by atoms with Gasteiger partial charge in [-0.15, -0.1) is 0 Å². The van der Waals surface area contributed by atoms with Gasteiger partial charge in [0.1, 0.15) is 17.0 Å². The Balaban J connectivity index is 1.78. The molecule has 1 aromatic rings. The van der Waals surface area contributed by atoms with Crippen LogP contribution in [0.3, 0.4) is 0 Å². The monoisotopic (exact) mass is 425 g/mol. The molecule has 1 aromatic heterocycles. The van der Waals surface area contributed by atoms with Crippen molar-refractivity contribution in [3.05, 3.63) is 22.9 Å². The molecule has 0 spiro atoms. The highest BCUT2D eigenvalue weighted by molar-refractivity contribution is 5.95. The third kappa shape index (κ3) is 4.82. The maximum atomic E-state index is 13.7. The number of aromatic carboxylic acids is 1. The number of halogens is 2. The van der Waals surface area contributed by atoms with Crippen molar-refractivity contribution >= 4 is 17.9 Å². The summed E-state index contributed by atoms with van der Waals surface area (Å²) < 4.78 is 32.8. The summed E-state index contributed by atoms with van der Waals surface area (Å²) in [5, 5.41) is 9.82. The highest BCUT2D eigenvalue weighted by Crippen LogP contribution is 2.36. The number of anilines is 1. The highest BCUT2D eigenvalue weighted by atomic mass is 19.3. The molecular weight excluding hydrogens is 396 g/mol. The molecular formula is C21H29F2N3O4. The van der Waals surface area contributed by atoms with Gasteiger partial charge in [0, 0.05) is 51.1 Å². The lowest BCUT2D eigenvalue weighted by molar-refractivity contribution is -0.0102. The van der Waals surface area contributed by atoms with Crippen LogP contribution < -0.4 is 4.90 Å². The second-order valence-corrected chi connectivity index (χ2v) is 9.12. The first-order valence-electron chi connectivity index (χ1n) is 10.2. The van der Waals surface area contributed by atoms with Crippen molar-refractivity contribution in [1.29, 1.82) is 0 Å². The number of amides is 1. The van der Waals surface area contributed by atoms with Gasteiger partial charge in [0.15, 0.2) is 0 Å². The Morgan fingerprint density at radius 3 is 2.50 bits per heavy atom.